The van der Waals surface area contributed by atoms with Crippen molar-refractivity contribution in [3.63, 3.8) is 0 Å². The van der Waals surface area contributed by atoms with Gasteiger partial charge in [0.1, 0.15) is 0 Å². The Morgan fingerprint density at radius 3 is 2.67 bits per heavy atom. The molecule has 2 saturated carbocycles. The third kappa shape index (κ3) is 2.68. The van der Waals surface area contributed by atoms with E-state index >= 15 is 0 Å². The van der Waals surface area contributed by atoms with E-state index in [1.54, 1.807) is 0 Å². The third-order valence-electron chi connectivity index (χ3n) is 4.82. The van der Waals surface area contributed by atoms with Crippen molar-refractivity contribution in [2.24, 2.45) is 11.8 Å². The number of nitrogens with one attached hydrogen (secondary N) is 1. The summed E-state index contributed by atoms with van der Waals surface area (Å²) in [6.45, 7) is 2.04. The molecule has 3 rings (SSSR count). The predicted octanol–water partition coefficient (Wildman–Crippen LogP) is 4.16. The summed E-state index contributed by atoms with van der Waals surface area (Å²) < 4.78 is 0. The number of pyridine rings is 1. The molecule has 0 radical (unpaired) electrons. The molecule has 3 atom stereocenters. The summed E-state index contributed by atoms with van der Waals surface area (Å²) in [6.07, 6.45) is 12.0. The molecule has 1 aromatic rings. The van der Waals surface area contributed by atoms with Crippen molar-refractivity contribution >= 4 is 5.69 Å². The number of hydrogen-bond acceptors (Lipinski definition) is 2. The van der Waals surface area contributed by atoms with Crippen molar-refractivity contribution in [2.45, 2.75) is 57.9 Å². The van der Waals surface area contributed by atoms with Crippen LogP contribution in [0.4, 0.5) is 5.69 Å². The highest BCUT2D eigenvalue weighted by Crippen LogP contribution is 2.41. The van der Waals surface area contributed by atoms with Gasteiger partial charge in [-0.2, -0.15) is 0 Å². The Labute approximate surface area is 110 Å². The maximum absolute atomic E-state index is 4.36. The molecule has 18 heavy (non-hydrogen) atoms. The van der Waals surface area contributed by atoms with E-state index in [1.807, 2.05) is 13.1 Å². The molecule has 2 aliphatic carbocycles. The first-order valence-electron chi connectivity index (χ1n) is 7.50. The van der Waals surface area contributed by atoms with Crippen LogP contribution in [0.15, 0.2) is 18.3 Å². The third-order valence-corrected chi connectivity index (χ3v) is 4.82. The first kappa shape index (κ1) is 12.0. The quantitative estimate of drug-likeness (QED) is 0.845. The summed E-state index contributed by atoms with van der Waals surface area (Å²) >= 11 is 0. The molecule has 0 saturated heterocycles. The summed E-state index contributed by atoms with van der Waals surface area (Å²) in [5.41, 5.74) is 2.29. The zero-order valence-corrected chi connectivity index (χ0v) is 11.4. The van der Waals surface area contributed by atoms with E-state index in [-0.39, 0.29) is 0 Å². The molecule has 2 nitrogen and oxygen atoms in total. The minimum atomic E-state index is 0.675. The predicted molar refractivity (Wildman–Crippen MR) is 75.7 cm³/mol. The number of rotatable bonds is 2. The minimum Gasteiger partial charge on any atom is -0.381 e. The van der Waals surface area contributed by atoms with Crippen LogP contribution in [0.5, 0.6) is 0 Å². The van der Waals surface area contributed by atoms with Crippen molar-refractivity contribution in [2.75, 3.05) is 5.32 Å². The smallest absolute Gasteiger partial charge is 0.0529 e. The van der Waals surface area contributed by atoms with Gasteiger partial charge in [-0.25, -0.2) is 0 Å². The van der Waals surface area contributed by atoms with Gasteiger partial charge in [0.15, 0.2) is 0 Å². The average Bonchev–Trinajstić information content (AvgIpc) is 2.41. The van der Waals surface area contributed by atoms with Gasteiger partial charge < -0.3 is 5.32 Å². The lowest BCUT2D eigenvalue weighted by Crippen LogP contribution is -2.34. The molecule has 1 N–H and O–H groups in total. The first-order chi connectivity index (χ1) is 8.81. The van der Waals surface area contributed by atoms with Crippen LogP contribution < -0.4 is 5.32 Å². The van der Waals surface area contributed by atoms with Crippen molar-refractivity contribution in [1.82, 2.24) is 4.98 Å². The highest BCUT2D eigenvalue weighted by molar-refractivity contribution is 5.41. The number of aromatic nitrogens is 1. The highest BCUT2D eigenvalue weighted by atomic mass is 14.9. The van der Waals surface area contributed by atoms with Crippen molar-refractivity contribution in [3.05, 3.63) is 24.0 Å². The standard InChI is InChI=1S/C16H24N2/c1-12-6-8-16(11-17-12)18-15-9-7-13-4-2-3-5-14(13)10-15/h6,8,11,13-15,18H,2-5,7,9-10H2,1H3. The molecule has 3 unspecified atom stereocenters. The Morgan fingerprint density at radius 1 is 1.06 bits per heavy atom. The lowest BCUT2D eigenvalue weighted by molar-refractivity contribution is 0.162. The van der Waals surface area contributed by atoms with Crippen molar-refractivity contribution in [1.29, 1.82) is 0 Å². The molecule has 2 heteroatoms. The van der Waals surface area contributed by atoms with Gasteiger partial charge >= 0.3 is 0 Å². The SMILES string of the molecule is Cc1ccc(NC2CCC3CCCCC3C2)cn1. The molecule has 0 spiro atoms. The number of anilines is 1. The lowest BCUT2D eigenvalue weighted by atomic mass is 9.69. The Kier molecular flexibility index (Phi) is 3.53. The molecule has 1 heterocycles. The molecule has 98 valence electrons. The molecular formula is C16H24N2. The van der Waals surface area contributed by atoms with E-state index < -0.39 is 0 Å². The summed E-state index contributed by atoms with van der Waals surface area (Å²) in [5.74, 6) is 2.02. The Balaban J connectivity index is 1.59. The maximum atomic E-state index is 4.36. The number of nitrogens with zero attached hydrogens (tertiary/aromatic N) is 1. The molecule has 0 bridgehead atoms. The van der Waals surface area contributed by atoms with Crippen LogP contribution in [-0.4, -0.2) is 11.0 Å². The molecule has 2 aliphatic rings. The largest absolute Gasteiger partial charge is 0.381 e. The Bertz CT molecular complexity index is 385. The number of aryl methyl sites for hydroxylation is 1. The fourth-order valence-electron chi connectivity index (χ4n) is 3.79. The van der Waals surface area contributed by atoms with E-state index in [9.17, 15) is 0 Å². The van der Waals surface area contributed by atoms with Gasteiger partial charge in [0.2, 0.25) is 0 Å². The van der Waals surface area contributed by atoms with Crippen LogP contribution >= 0.6 is 0 Å². The zero-order chi connectivity index (χ0) is 12.4. The van der Waals surface area contributed by atoms with Gasteiger partial charge in [-0.15, -0.1) is 0 Å². The van der Waals surface area contributed by atoms with Crippen LogP contribution in [-0.2, 0) is 0 Å². The van der Waals surface area contributed by atoms with Crippen molar-refractivity contribution < 1.29 is 0 Å². The topological polar surface area (TPSA) is 24.9 Å². The fourth-order valence-corrected chi connectivity index (χ4v) is 3.79. The van der Waals surface area contributed by atoms with Crippen LogP contribution in [0.3, 0.4) is 0 Å². The minimum absolute atomic E-state index is 0.675. The Hall–Kier alpha value is -1.05. The molecule has 0 amide bonds. The van der Waals surface area contributed by atoms with Gasteiger partial charge in [-0.05, 0) is 50.2 Å². The van der Waals surface area contributed by atoms with E-state index in [1.165, 1.54) is 50.6 Å². The van der Waals surface area contributed by atoms with Gasteiger partial charge in [0, 0.05) is 11.7 Å². The van der Waals surface area contributed by atoms with E-state index in [0.717, 1.165) is 17.5 Å². The van der Waals surface area contributed by atoms with Gasteiger partial charge in [-0.3, -0.25) is 4.98 Å². The van der Waals surface area contributed by atoms with Crippen LogP contribution in [0, 0.1) is 18.8 Å². The maximum Gasteiger partial charge on any atom is 0.0529 e. The molecule has 2 fully saturated rings. The molecular weight excluding hydrogens is 220 g/mol. The van der Waals surface area contributed by atoms with Crippen LogP contribution in [0.1, 0.15) is 50.6 Å². The second-order valence-electron chi connectivity index (χ2n) is 6.15. The molecule has 0 aromatic carbocycles. The van der Waals surface area contributed by atoms with Crippen molar-refractivity contribution in [3.8, 4) is 0 Å². The van der Waals surface area contributed by atoms with E-state index in [0.29, 0.717) is 6.04 Å². The first-order valence-corrected chi connectivity index (χ1v) is 7.50. The van der Waals surface area contributed by atoms with Crippen LogP contribution in [0.25, 0.3) is 0 Å². The molecule has 1 aromatic heterocycles. The van der Waals surface area contributed by atoms with Crippen LogP contribution in [0.2, 0.25) is 0 Å². The summed E-state index contributed by atoms with van der Waals surface area (Å²) in [5, 5.41) is 3.68. The molecule has 0 aliphatic heterocycles. The normalized spacial score (nSPS) is 31.7. The van der Waals surface area contributed by atoms with E-state index in [4.69, 9.17) is 0 Å². The second-order valence-corrected chi connectivity index (χ2v) is 6.15. The van der Waals surface area contributed by atoms with Gasteiger partial charge in [-0.1, -0.05) is 25.7 Å². The summed E-state index contributed by atoms with van der Waals surface area (Å²) in [6, 6.07) is 4.93. The number of hydrogen-bond donors (Lipinski definition) is 1. The monoisotopic (exact) mass is 244 g/mol. The summed E-state index contributed by atoms with van der Waals surface area (Å²) in [4.78, 5) is 4.36. The van der Waals surface area contributed by atoms with Gasteiger partial charge in [0.05, 0.1) is 11.9 Å². The van der Waals surface area contributed by atoms with Gasteiger partial charge in [0.25, 0.3) is 0 Å². The summed E-state index contributed by atoms with van der Waals surface area (Å²) in [7, 11) is 0. The Morgan fingerprint density at radius 2 is 1.89 bits per heavy atom. The average molecular weight is 244 g/mol. The lowest BCUT2D eigenvalue weighted by Gasteiger charge is -2.39. The zero-order valence-electron chi connectivity index (χ0n) is 11.4. The second kappa shape index (κ2) is 5.29. The van der Waals surface area contributed by atoms with E-state index in [2.05, 4.69) is 22.4 Å². The number of fused-ring (bicyclic) bond motifs is 1. The fraction of sp³-hybridized carbons (Fsp3) is 0.688. The highest BCUT2D eigenvalue weighted by Gasteiger charge is 2.31.